The molecule has 3 rings (SSSR count). The first-order chi connectivity index (χ1) is 13.5. The third-order valence-electron chi connectivity index (χ3n) is 4.32. The van der Waals surface area contributed by atoms with Gasteiger partial charge in [0.15, 0.2) is 0 Å². The van der Waals surface area contributed by atoms with Crippen LogP contribution in [0.25, 0.3) is 10.8 Å². The van der Waals surface area contributed by atoms with E-state index in [0.717, 1.165) is 22.1 Å². The number of amides is 1. The van der Waals surface area contributed by atoms with Crippen LogP contribution in [-0.2, 0) is 21.4 Å². The van der Waals surface area contributed by atoms with Gasteiger partial charge in [0.25, 0.3) is 0 Å². The number of ether oxygens (including phenoxy) is 1. The summed E-state index contributed by atoms with van der Waals surface area (Å²) in [6.07, 6.45) is 0.0585. The fourth-order valence-corrected chi connectivity index (χ4v) is 3.82. The van der Waals surface area contributed by atoms with Gasteiger partial charge in [0.1, 0.15) is 5.75 Å². The van der Waals surface area contributed by atoms with E-state index < -0.39 is 10.0 Å². The van der Waals surface area contributed by atoms with Crippen molar-refractivity contribution in [3.63, 3.8) is 0 Å². The third kappa shape index (κ3) is 5.09. The molecule has 0 fully saturated rings. The second kappa shape index (κ2) is 8.86. The topological polar surface area (TPSA) is 84.5 Å². The minimum atomic E-state index is -3.67. The predicted molar refractivity (Wildman–Crippen MR) is 109 cm³/mol. The second-order valence-electron chi connectivity index (χ2n) is 6.28. The molecule has 0 saturated carbocycles. The van der Waals surface area contributed by atoms with Crippen molar-refractivity contribution < 1.29 is 17.9 Å². The Balaban J connectivity index is 1.50. The first kappa shape index (κ1) is 19.9. The van der Waals surface area contributed by atoms with E-state index in [-0.39, 0.29) is 23.8 Å². The van der Waals surface area contributed by atoms with Gasteiger partial charge in [-0.25, -0.2) is 13.1 Å². The van der Waals surface area contributed by atoms with Crippen LogP contribution in [0.1, 0.15) is 12.0 Å². The molecular weight excluding hydrogens is 376 g/mol. The summed E-state index contributed by atoms with van der Waals surface area (Å²) in [6.45, 7) is 0.407. The molecule has 0 aliphatic heterocycles. The Bertz CT molecular complexity index is 1060. The largest absolute Gasteiger partial charge is 0.497 e. The zero-order chi connectivity index (χ0) is 20.0. The number of hydrogen-bond acceptors (Lipinski definition) is 4. The summed E-state index contributed by atoms with van der Waals surface area (Å²) in [4.78, 5) is 12.2. The SMILES string of the molecule is COc1ccc(CNC(=O)CCNS(=O)(=O)c2ccc3ccccc3c2)cc1. The zero-order valence-corrected chi connectivity index (χ0v) is 16.3. The lowest BCUT2D eigenvalue weighted by Gasteiger charge is -2.09. The summed E-state index contributed by atoms with van der Waals surface area (Å²) >= 11 is 0. The summed E-state index contributed by atoms with van der Waals surface area (Å²) in [5, 5.41) is 4.59. The molecule has 2 N–H and O–H groups in total. The van der Waals surface area contributed by atoms with E-state index >= 15 is 0 Å². The van der Waals surface area contributed by atoms with Gasteiger partial charge in [0.05, 0.1) is 12.0 Å². The average Bonchev–Trinajstić information content (AvgIpc) is 2.72. The van der Waals surface area contributed by atoms with Crippen molar-refractivity contribution in [3.8, 4) is 5.75 Å². The van der Waals surface area contributed by atoms with Crippen LogP contribution >= 0.6 is 0 Å². The van der Waals surface area contributed by atoms with Crippen molar-refractivity contribution >= 4 is 26.7 Å². The van der Waals surface area contributed by atoms with Crippen LogP contribution in [0.5, 0.6) is 5.75 Å². The number of rotatable bonds is 8. The van der Waals surface area contributed by atoms with E-state index in [1.807, 2.05) is 48.5 Å². The highest BCUT2D eigenvalue weighted by atomic mass is 32.2. The van der Waals surface area contributed by atoms with Crippen molar-refractivity contribution in [2.45, 2.75) is 17.9 Å². The smallest absolute Gasteiger partial charge is 0.240 e. The molecule has 0 heterocycles. The zero-order valence-electron chi connectivity index (χ0n) is 15.5. The Kier molecular flexibility index (Phi) is 6.28. The molecule has 0 unspecified atom stereocenters. The van der Waals surface area contributed by atoms with Crippen molar-refractivity contribution in [3.05, 3.63) is 72.3 Å². The average molecular weight is 398 g/mol. The Labute approximate surface area is 164 Å². The first-order valence-corrected chi connectivity index (χ1v) is 10.3. The molecule has 0 atom stereocenters. The number of carbonyl (C=O) groups is 1. The van der Waals surface area contributed by atoms with Gasteiger partial charge in [-0.2, -0.15) is 0 Å². The molecule has 6 nitrogen and oxygen atoms in total. The van der Waals surface area contributed by atoms with Crippen LogP contribution in [0.15, 0.2) is 71.6 Å². The molecule has 0 aliphatic rings. The van der Waals surface area contributed by atoms with Crippen LogP contribution in [0.3, 0.4) is 0 Å². The molecule has 0 aliphatic carbocycles. The highest BCUT2D eigenvalue weighted by Gasteiger charge is 2.14. The molecule has 0 bridgehead atoms. The van der Waals surface area contributed by atoms with E-state index in [4.69, 9.17) is 4.74 Å². The van der Waals surface area contributed by atoms with Gasteiger partial charge >= 0.3 is 0 Å². The van der Waals surface area contributed by atoms with Crippen LogP contribution in [0.4, 0.5) is 0 Å². The lowest BCUT2D eigenvalue weighted by atomic mass is 10.1. The molecule has 28 heavy (non-hydrogen) atoms. The molecule has 3 aromatic rings. The Morgan fingerprint density at radius 1 is 0.964 bits per heavy atom. The Morgan fingerprint density at radius 2 is 1.68 bits per heavy atom. The summed E-state index contributed by atoms with van der Waals surface area (Å²) in [6, 6.07) is 19.9. The van der Waals surface area contributed by atoms with E-state index in [0.29, 0.717) is 6.54 Å². The van der Waals surface area contributed by atoms with Gasteiger partial charge < -0.3 is 10.1 Å². The quantitative estimate of drug-likeness (QED) is 0.611. The predicted octanol–water partition coefficient (Wildman–Crippen LogP) is 2.83. The van der Waals surface area contributed by atoms with Gasteiger partial charge in [-0.3, -0.25) is 4.79 Å². The van der Waals surface area contributed by atoms with E-state index in [1.54, 1.807) is 25.3 Å². The summed E-state index contributed by atoms with van der Waals surface area (Å²) < 4.78 is 32.5. The van der Waals surface area contributed by atoms with Crippen LogP contribution in [-0.4, -0.2) is 28.0 Å². The van der Waals surface area contributed by atoms with E-state index in [1.165, 1.54) is 0 Å². The highest BCUT2D eigenvalue weighted by molar-refractivity contribution is 7.89. The summed E-state index contributed by atoms with van der Waals surface area (Å²) in [5.74, 6) is 0.523. The molecular formula is C21H22N2O4S. The number of nitrogens with one attached hydrogen (secondary N) is 2. The molecule has 0 aromatic heterocycles. The summed E-state index contributed by atoms with van der Waals surface area (Å²) in [7, 11) is -2.07. The minimum Gasteiger partial charge on any atom is -0.497 e. The van der Waals surface area contributed by atoms with Gasteiger partial charge in [0.2, 0.25) is 15.9 Å². The van der Waals surface area contributed by atoms with Crippen molar-refractivity contribution in [1.29, 1.82) is 0 Å². The fourth-order valence-electron chi connectivity index (χ4n) is 2.75. The van der Waals surface area contributed by atoms with Gasteiger partial charge in [-0.05, 0) is 40.6 Å². The molecule has 0 spiro atoms. The van der Waals surface area contributed by atoms with Gasteiger partial charge in [0, 0.05) is 19.5 Å². The van der Waals surface area contributed by atoms with Crippen LogP contribution in [0.2, 0.25) is 0 Å². The van der Waals surface area contributed by atoms with Crippen LogP contribution in [0, 0.1) is 0 Å². The van der Waals surface area contributed by atoms with Crippen molar-refractivity contribution in [2.75, 3.05) is 13.7 Å². The maximum atomic E-state index is 12.4. The number of carbonyl (C=O) groups excluding carboxylic acids is 1. The molecule has 146 valence electrons. The number of benzene rings is 3. The molecule has 3 aromatic carbocycles. The first-order valence-electron chi connectivity index (χ1n) is 8.86. The van der Waals surface area contributed by atoms with Crippen molar-refractivity contribution in [1.82, 2.24) is 10.0 Å². The van der Waals surface area contributed by atoms with Crippen LogP contribution < -0.4 is 14.8 Å². The second-order valence-corrected chi connectivity index (χ2v) is 8.05. The monoisotopic (exact) mass is 398 g/mol. The number of hydrogen-bond donors (Lipinski definition) is 2. The standard InChI is InChI=1S/C21H22N2O4S/c1-27-19-9-6-16(7-10-19)15-22-21(24)12-13-23-28(25,26)20-11-8-17-4-2-3-5-18(17)14-20/h2-11,14,23H,12-13,15H2,1H3,(H,22,24). The number of methoxy groups -OCH3 is 1. The summed E-state index contributed by atoms with van der Waals surface area (Å²) in [5.41, 5.74) is 0.936. The molecule has 1 amide bonds. The number of fused-ring (bicyclic) bond motifs is 1. The maximum Gasteiger partial charge on any atom is 0.240 e. The minimum absolute atomic E-state index is 0.0314. The van der Waals surface area contributed by atoms with E-state index in [9.17, 15) is 13.2 Å². The normalized spacial score (nSPS) is 11.3. The number of sulfonamides is 1. The highest BCUT2D eigenvalue weighted by Crippen LogP contribution is 2.18. The Morgan fingerprint density at radius 3 is 2.39 bits per heavy atom. The van der Waals surface area contributed by atoms with E-state index in [2.05, 4.69) is 10.0 Å². The lowest BCUT2D eigenvalue weighted by Crippen LogP contribution is -2.30. The molecule has 0 radical (unpaired) electrons. The molecule has 7 heteroatoms. The maximum absolute atomic E-state index is 12.4. The molecule has 0 saturated heterocycles. The van der Waals surface area contributed by atoms with Crippen molar-refractivity contribution in [2.24, 2.45) is 0 Å². The van der Waals surface area contributed by atoms with Gasteiger partial charge in [-0.15, -0.1) is 0 Å². The fraction of sp³-hybridized carbons (Fsp3) is 0.190. The lowest BCUT2D eigenvalue weighted by molar-refractivity contribution is -0.121. The Hall–Kier alpha value is -2.90. The third-order valence-corrected chi connectivity index (χ3v) is 5.78. The van der Waals surface area contributed by atoms with Gasteiger partial charge in [-0.1, -0.05) is 42.5 Å².